The molecule has 0 saturated heterocycles. The summed E-state index contributed by atoms with van der Waals surface area (Å²) in [5.41, 5.74) is 1.95. The highest BCUT2D eigenvalue weighted by molar-refractivity contribution is 5.93. The van der Waals surface area contributed by atoms with E-state index in [9.17, 15) is 9.59 Å². The summed E-state index contributed by atoms with van der Waals surface area (Å²) >= 11 is 0. The van der Waals surface area contributed by atoms with Gasteiger partial charge in [0.1, 0.15) is 0 Å². The Hall–Kier alpha value is -2.62. The minimum absolute atomic E-state index is 0.00267. The van der Waals surface area contributed by atoms with Gasteiger partial charge in [-0.1, -0.05) is 48.5 Å². The van der Waals surface area contributed by atoms with Crippen molar-refractivity contribution in [2.75, 3.05) is 11.4 Å². The molecular formula is C21H26N2O2. The first kappa shape index (κ1) is 18.7. The molecule has 0 saturated carbocycles. The van der Waals surface area contributed by atoms with E-state index in [1.165, 1.54) is 0 Å². The second kappa shape index (κ2) is 9.02. The van der Waals surface area contributed by atoms with Crippen molar-refractivity contribution in [1.29, 1.82) is 0 Å². The van der Waals surface area contributed by atoms with E-state index in [1.807, 2.05) is 74.5 Å². The smallest absolute Gasteiger partial charge is 0.229 e. The van der Waals surface area contributed by atoms with Crippen LogP contribution >= 0.6 is 0 Å². The van der Waals surface area contributed by atoms with Crippen LogP contribution in [0.3, 0.4) is 0 Å². The first-order valence-corrected chi connectivity index (χ1v) is 8.65. The van der Waals surface area contributed by atoms with Gasteiger partial charge in [-0.2, -0.15) is 0 Å². The van der Waals surface area contributed by atoms with Gasteiger partial charge in [-0.3, -0.25) is 9.59 Å². The molecule has 2 amide bonds. The Bertz CT molecular complexity index is 684. The number of amides is 2. The lowest BCUT2D eigenvalue weighted by Crippen LogP contribution is -2.39. The molecule has 0 N–H and O–H groups in total. The minimum atomic E-state index is -0.00267. The number of benzene rings is 2. The largest absolute Gasteiger partial charge is 0.340 e. The Balaban J connectivity index is 2.14. The van der Waals surface area contributed by atoms with E-state index in [2.05, 4.69) is 0 Å². The highest BCUT2D eigenvalue weighted by Gasteiger charge is 2.19. The summed E-state index contributed by atoms with van der Waals surface area (Å²) in [6.45, 7) is 6.43. The van der Waals surface area contributed by atoms with Gasteiger partial charge >= 0.3 is 0 Å². The molecule has 4 nitrogen and oxygen atoms in total. The van der Waals surface area contributed by atoms with E-state index in [4.69, 9.17) is 0 Å². The van der Waals surface area contributed by atoms with Gasteiger partial charge in [0.25, 0.3) is 0 Å². The SMILES string of the molecule is CC(=O)N(CCC(=O)N(Cc1ccccc1)c1ccccc1)C(C)C. The van der Waals surface area contributed by atoms with Gasteiger partial charge < -0.3 is 9.80 Å². The monoisotopic (exact) mass is 338 g/mol. The average Bonchev–Trinajstić information content (AvgIpc) is 2.60. The van der Waals surface area contributed by atoms with Gasteiger partial charge in [-0.25, -0.2) is 0 Å². The summed E-state index contributed by atoms with van der Waals surface area (Å²) in [6, 6.07) is 19.7. The van der Waals surface area contributed by atoms with Crippen LogP contribution in [-0.4, -0.2) is 29.3 Å². The number of carbonyl (C=O) groups excluding carboxylic acids is 2. The Morgan fingerprint density at radius 1 is 0.920 bits per heavy atom. The van der Waals surface area contributed by atoms with Gasteiger partial charge in [-0.05, 0) is 31.5 Å². The van der Waals surface area contributed by atoms with E-state index >= 15 is 0 Å². The van der Waals surface area contributed by atoms with Gasteiger partial charge in [0, 0.05) is 31.6 Å². The third-order valence-corrected chi connectivity index (χ3v) is 4.15. The number of carbonyl (C=O) groups is 2. The molecule has 0 bridgehead atoms. The predicted octanol–water partition coefficient (Wildman–Crippen LogP) is 3.87. The lowest BCUT2D eigenvalue weighted by molar-refractivity contribution is -0.131. The van der Waals surface area contributed by atoms with Gasteiger partial charge in [0.05, 0.1) is 6.54 Å². The summed E-state index contributed by atoms with van der Waals surface area (Å²) in [7, 11) is 0. The van der Waals surface area contributed by atoms with Crippen LogP contribution in [0, 0.1) is 0 Å². The zero-order chi connectivity index (χ0) is 18.2. The maximum atomic E-state index is 12.9. The van der Waals surface area contributed by atoms with Gasteiger partial charge in [0.2, 0.25) is 11.8 Å². The third kappa shape index (κ3) is 5.45. The van der Waals surface area contributed by atoms with Crippen LogP contribution in [0.4, 0.5) is 5.69 Å². The minimum Gasteiger partial charge on any atom is -0.340 e. The fourth-order valence-corrected chi connectivity index (χ4v) is 2.83. The second-order valence-corrected chi connectivity index (χ2v) is 6.36. The molecule has 132 valence electrons. The first-order chi connectivity index (χ1) is 12.0. The van der Waals surface area contributed by atoms with Crippen molar-refractivity contribution in [3.8, 4) is 0 Å². The number of anilines is 1. The number of para-hydroxylation sites is 1. The lowest BCUT2D eigenvalue weighted by atomic mass is 10.1. The average molecular weight is 338 g/mol. The number of hydrogen-bond donors (Lipinski definition) is 0. The molecular weight excluding hydrogens is 312 g/mol. The van der Waals surface area contributed by atoms with Crippen molar-refractivity contribution in [2.24, 2.45) is 0 Å². The summed E-state index contributed by atoms with van der Waals surface area (Å²) in [5, 5.41) is 0. The molecule has 0 aliphatic rings. The molecule has 2 aromatic carbocycles. The Kier molecular flexibility index (Phi) is 6.75. The fraction of sp³-hybridized carbons (Fsp3) is 0.333. The molecule has 2 aromatic rings. The van der Waals surface area contributed by atoms with E-state index in [0.29, 0.717) is 19.5 Å². The summed E-state index contributed by atoms with van der Waals surface area (Å²) in [6.07, 6.45) is 0.305. The van der Waals surface area contributed by atoms with Crippen LogP contribution < -0.4 is 4.90 Å². The predicted molar refractivity (Wildman–Crippen MR) is 101 cm³/mol. The lowest BCUT2D eigenvalue weighted by Gasteiger charge is -2.28. The van der Waals surface area contributed by atoms with Crippen molar-refractivity contribution in [3.05, 3.63) is 66.2 Å². The number of nitrogens with zero attached hydrogens (tertiary/aromatic N) is 2. The zero-order valence-corrected chi connectivity index (χ0v) is 15.2. The van der Waals surface area contributed by atoms with E-state index < -0.39 is 0 Å². The zero-order valence-electron chi connectivity index (χ0n) is 15.2. The highest BCUT2D eigenvalue weighted by atomic mass is 16.2. The molecule has 0 atom stereocenters. The quantitative estimate of drug-likeness (QED) is 0.769. The molecule has 2 rings (SSSR count). The molecule has 0 aliphatic carbocycles. The van der Waals surface area contributed by atoms with Crippen molar-refractivity contribution in [2.45, 2.75) is 39.8 Å². The van der Waals surface area contributed by atoms with Crippen LogP contribution in [0.1, 0.15) is 32.8 Å². The highest BCUT2D eigenvalue weighted by Crippen LogP contribution is 2.18. The van der Waals surface area contributed by atoms with Crippen LogP contribution in [0.15, 0.2) is 60.7 Å². The maximum absolute atomic E-state index is 12.9. The standard InChI is InChI=1S/C21H26N2O2/c1-17(2)22(18(3)24)15-14-21(25)23(20-12-8-5-9-13-20)16-19-10-6-4-7-11-19/h4-13,17H,14-16H2,1-3H3. The molecule has 0 aliphatic heterocycles. The van der Waals surface area contributed by atoms with Crippen LogP contribution in [0.2, 0.25) is 0 Å². The molecule has 25 heavy (non-hydrogen) atoms. The van der Waals surface area contributed by atoms with Crippen molar-refractivity contribution in [1.82, 2.24) is 4.90 Å². The summed E-state index contributed by atoms with van der Waals surface area (Å²) in [5.74, 6) is 0.0130. The number of rotatable bonds is 7. The Labute approximate surface area is 150 Å². The van der Waals surface area contributed by atoms with Gasteiger partial charge in [0.15, 0.2) is 0 Å². The van der Waals surface area contributed by atoms with Crippen molar-refractivity contribution in [3.63, 3.8) is 0 Å². The Morgan fingerprint density at radius 2 is 1.48 bits per heavy atom. The normalized spacial score (nSPS) is 10.6. The van der Waals surface area contributed by atoms with E-state index in [1.54, 1.807) is 16.7 Å². The van der Waals surface area contributed by atoms with Crippen molar-refractivity contribution < 1.29 is 9.59 Å². The van der Waals surface area contributed by atoms with E-state index in [0.717, 1.165) is 11.3 Å². The Morgan fingerprint density at radius 3 is 2.00 bits per heavy atom. The fourth-order valence-electron chi connectivity index (χ4n) is 2.83. The summed E-state index contributed by atoms with van der Waals surface area (Å²) < 4.78 is 0. The first-order valence-electron chi connectivity index (χ1n) is 8.65. The molecule has 0 aromatic heterocycles. The number of hydrogen-bond acceptors (Lipinski definition) is 2. The van der Waals surface area contributed by atoms with Crippen LogP contribution in [0.5, 0.6) is 0 Å². The topological polar surface area (TPSA) is 40.6 Å². The molecule has 0 fully saturated rings. The van der Waals surface area contributed by atoms with E-state index in [-0.39, 0.29) is 17.9 Å². The van der Waals surface area contributed by atoms with Crippen LogP contribution in [0.25, 0.3) is 0 Å². The maximum Gasteiger partial charge on any atom is 0.229 e. The molecule has 0 unspecified atom stereocenters. The molecule has 0 heterocycles. The van der Waals surface area contributed by atoms with Crippen molar-refractivity contribution >= 4 is 17.5 Å². The third-order valence-electron chi connectivity index (χ3n) is 4.15. The molecule has 0 spiro atoms. The van der Waals surface area contributed by atoms with Crippen LogP contribution in [-0.2, 0) is 16.1 Å². The second-order valence-electron chi connectivity index (χ2n) is 6.36. The summed E-state index contributed by atoms with van der Waals surface area (Å²) in [4.78, 5) is 28.1. The molecule has 4 heteroatoms. The van der Waals surface area contributed by atoms with Gasteiger partial charge in [-0.15, -0.1) is 0 Å². The molecule has 0 radical (unpaired) electrons.